The maximum Gasteiger partial charge on any atom is 0.449 e. The first-order chi connectivity index (χ1) is 16.3. The number of anilines is 1. The van der Waals surface area contributed by atoms with E-state index in [1.165, 1.54) is 17.3 Å². The summed E-state index contributed by atoms with van der Waals surface area (Å²) >= 11 is 0. The lowest BCUT2D eigenvalue weighted by Gasteiger charge is -2.36. The fourth-order valence-corrected chi connectivity index (χ4v) is 4.39. The highest BCUT2D eigenvalue weighted by molar-refractivity contribution is 5.81. The van der Waals surface area contributed by atoms with Crippen LogP contribution in [0.4, 0.5) is 18.9 Å². The van der Waals surface area contributed by atoms with E-state index in [-0.39, 0.29) is 5.52 Å². The molecular formula is C25H30F3N5O. The smallest absolute Gasteiger partial charge is 0.369 e. The van der Waals surface area contributed by atoms with Crippen LogP contribution >= 0.6 is 0 Å². The van der Waals surface area contributed by atoms with Gasteiger partial charge in [0.25, 0.3) is 0 Å². The molecule has 1 N–H and O–H groups in total. The van der Waals surface area contributed by atoms with E-state index in [4.69, 9.17) is 0 Å². The summed E-state index contributed by atoms with van der Waals surface area (Å²) in [6, 6.07) is 14.9. The average molecular weight is 474 g/mol. The number of hydrogen-bond acceptors (Lipinski definition) is 4. The van der Waals surface area contributed by atoms with Crippen molar-refractivity contribution in [2.75, 3.05) is 44.2 Å². The Hall–Kier alpha value is -3.07. The van der Waals surface area contributed by atoms with Crippen LogP contribution in [0, 0.1) is 6.92 Å². The molecule has 2 aromatic carbocycles. The first kappa shape index (κ1) is 24.1. The number of aryl methyl sites for hydroxylation is 1. The van der Waals surface area contributed by atoms with Crippen LogP contribution in [0.2, 0.25) is 0 Å². The summed E-state index contributed by atoms with van der Waals surface area (Å²) in [6.07, 6.45) is -2.92. The standard InChI is InChI=1S/C25H30F3N5O/c1-19-7-6-8-20(17-19)32-15-13-31(14-16-32)12-5-4-11-29-23(34)18-33-22-10-3-2-9-21(22)30-24(33)25(26,27)28/h2-3,6-10,17H,4-5,11-16,18H2,1H3,(H,29,34). The quantitative estimate of drug-likeness (QED) is 0.501. The second-order valence-electron chi connectivity index (χ2n) is 8.73. The molecule has 2 heterocycles. The van der Waals surface area contributed by atoms with Crippen molar-refractivity contribution in [1.82, 2.24) is 19.8 Å². The van der Waals surface area contributed by atoms with Gasteiger partial charge in [-0.25, -0.2) is 4.98 Å². The van der Waals surface area contributed by atoms with Crippen LogP contribution in [0.1, 0.15) is 24.2 Å². The zero-order chi connectivity index (χ0) is 24.1. The van der Waals surface area contributed by atoms with E-state index in [1.54, 1.807) is 18.2 Å². The van der Waals surface area contributed by atoms with E-state index in [2.05, 4.69) is 51.3 Å². The molecule has 0 radical (unpaired) electrons. The Balaban J connectivity index is 1.19. The Morgan fingerprint density at radius 1 is 1.03 bits per heavy atom. The number of rotatable bonds is 8. The Bertz CT molecular complexity index is 1120. The number of piperazine rings is 1. The molecule has 1 aliphatic heterocycles. The molecule has 0 saturated carbocycles. The van der Waals surface area contributed by atoms with Gasteiger partial charge in [-0.2, -0.15) is 13.2 Å². The minimum atomic E-state index is -4.62. The van der Waals surface area contributed by atoms with Crippen LogP contribution < -0.4 is 10.2 Å². The molecule has 0 aliphatic carbocycles. The lowest BCUT2D eigenvalue weighted by Crippen LogP contribution is -2.46. The molecule has 3 aromatic rings. The van der Waals surface area contributed by atoms with Crippen molar-refractivity contribution in [2.24, 2.45) is 0 Å². The summed E-state index contributed by atoms with van der Waals surface area (Å²) in [5.41, 5.74) is 3.06. The molecule has 1 fully saturated rings. The maximum absolute atomic E-state index is 13.4. The fourth-order valence-electron chi connectivity index (χ4n) is 4.39. The van der Waals surface area contributed by atoms with Gasteiger partial charge in [0.2, 0.25) is 11.7 Å². The van der Waals surface area contributed by atoms with Gasteiger partial charge in [-0.3, -0.25) is 9.69 Å². The van der Waals surface area contributed by atoms with Crippen molar-refractivity contribution in [3.63, 3.8) is 0 Å². The molecule has 4 rings (SSSR count). The second kappa shape index (κ2) is 10.5. The molecule has 1 saturated heterocycles. The van der Waals surface area contributed by atoms with Gasteiger partial charge in [-0.15, -0.1) is 0 Å². The Kier molecular flexibility index (Phi) is 7.41. The molecule has 1 amide bonds. The van der Waals surface area contributed by atoms with Gasteiger partial charge in [-0.05, 0) is 56.1 Å². The van der Waals surface area contributed by atoms with Gasteiger partial charge < -0.3 is 14.8 Å². The summed E-state index contributed by atoms with van der Waals surface area (Å²) in [5.74, 6) is -1.49. The number of alkyl halides is 3. The molecule has 1 aromatic heterocycles. The van der Waals surface area contributed by atoms with Crippen LogP contribution in [-0.4, -0.2) is 59.6 Å². The normalized spacial score (nSPS) is 15.1. The van der Waals surface area contributed by atoms with Crippen LogP contribution in [0.5, 0.6) is 0 Å². The average Bonchev–Trinajstić information content (AvgIpc) is 3.18. The number of imidazole rings is 1. The fraction of sp³-hybridized carbons (Fsp3) is 0.440. The number of hydrogen-bond donors (Lipinski definition) is 1. The number of nitrogens with zero attached hydrogens (tertiary/aromatic N) is 4. The van der Waals surface area contributed by atoms with Crippen LogP contribution in [0.25, 0.3) is 11.0 Å². The zero-order valence-corrected chi connectivity index (χ0v) is 19.3. The van der Waals surface area contributed by atoms with Crippen LogP contribution in [0.15, 0.2) is 48.5 Å². The summed E-state index contributed by atoms with van der Waals surface area (Å²) < 4.78 is 41.1. The topological polar surface area (TPSA) is 53.4 Å². The third-order valence-electron chi connectivity index (χ3n) is 6.17. The van der Waals surface area contributed by atoms with Crippen molar-refractivity contribution in [2.45, 2.75) is 32.5 Å². The third-order valence-corrected chi connectivity index (χ3v) is 6.17. The van der Waals surface area contributed by atoms with E-state index < -0.39 is 24.5 Å². The number of nitrogens with one attached hydrogen (secondary N) is 1. The van der Waals surface area contributed by atoms with E-state index >= 15 is 0 Å². The Morgan fingerprint density at radius 3 is 2.53 bits per heavy atom. The van der Waals surface area contributed by atoms with Gasteiger partial charge in [-0.1, -0.05) is 24.3 Å². The summed E-state index contributed by atoms with van der Waals surface area (Å²) in [6.45, 7) is 7.04. The molecule has 9 heteroatoms. The van der Waals surface area contributed by atoms with Gasteiger partial charge in [0, 0.05) is 38.4 Å². The second-order valence-corrected chi connectivity index (χ2v) is 8.73. The maximum atomic E-state index is 13.4. The number of amides is 1. The van der Waals surface area contributed by atoms with Crippen molar-refractivity contribution in [3.05, 3.63) is 59.9 Å². The lowest BCUT2D eigenvalue weighted by atomic mass is 10.2. The van der Waals surface area contributed by atoms with Gasteiger partial charge in [0.1, 0.15) is 6.54 Å². The molecule has 1 aliphatic rings. The molecule has 34 heavy (non-hydrogen) atoms. The molecule has 0 bridgehead atoms. The minimum Gasteiger partial charge on any atom is -0.369 e. The van der Waals surface area contributed by atoms with Gasteiger partial charge >= 0.3 is 6.18 Å². The predicted molar refractivity (Wildman–Crippen MR) is 127 cm³/mol. The number of carbonyl (C=O) groups excluding carboxylic acids is 1. The van der Waals surface area contributed by atoms with E-state index in [9.17, 15) is 18.0 Å². The summed E-state index contributed by atoms with van der Waals surface area (Å²) in [7, 11) is 0. The zero-order valence-electron chi connectivity index (χ0n) is 19.3. The number of benzene rings is 2. The third kappa shape index (κ3) is 5.88. The number of carbonyl (C=O) groups is 1. The minimum absolute atomic E-state index is 0.227. The highest BCUT2D eigenvalue weighted by Gasteiger charge is 2.37. The largest absolute Gasteiger partial charge is 0.449 e. The molecule has 182 valence electrons. The number of fused-ring (bicyclic) bond motifs is 1. The van der Waals surface area contributed by atoms with E-state index in [0.717, 1.165) is 50.1 Å². The number of halogens is 3. The lowest BCUT2D eigenvalue weighted by molar-refractivity contribution is -0.147. The highest BCUT2D eigenvalue weighted by atomic mass is 19.4. The SMILES string of the molecule is Cc1cccc(N2CCN(CCCCNC(=O)Cn3c(C(F)(F)F)nc4ccccc43)CC2)c1. The van der Waals surface area contributed by atoms with Gasteiger partial charge in [0.15, 0.2) is 0 Å². The van der Waals surface area contributed by atoms with Crippen LogP contribution in [-0.2, 0) is 17.5 Å². The van der Waals surface area contributed by atoms with Crippen LogP contribution in [0.3, 0.4) is 0 Å². The first-order valence-corrected chi connectivity index (χ1v) is 11.6. The molecule has 0 unspecified atom stereocenters. The number of unbranched alkanes of at least 4 members (excludes halogenated alkanes) is 1. The number of aromatic nitrogens is 2. The van der Waals surface area contributed by atoms with Gasteiger partial charge in [0.05, 0.1) is 11.0 Å². The molecule has 0 spiro atoms. The molecular weight excluding hydrogens is 443 g/mol. The van der Waals surface area contributed by atoms with Crippen molar-refractivity contribution in [1.29, 1.82) is 0 Å². The monoisotopic (exact) mass is 473 g/mol. The van der Waals surface area contributed by atoms with Crippen molar-refractivity contribution in [3.8, 4) is 0 Å². The Labute approximate surface area is 197 Å². The Morgan fingerprint density at radius 2 is 1.79 bits per heavy atom. The summed E-state index contributed by atoms with van der Waals surface area (Å²) in [5, 5.41) is 2.75. The predicted octanol–water partition coefficient (Wildman–Crippen LogP) is 4.08. The van der Waals surface area contributed by atoms with Crippen molar-refractivity contribution < 1.29 is 18.0 Å². The first-order valence-electron chi connectivity index (χ1n) is 11.6. The summed E-state index contributed by atoms with van der Waals surface area (Å²) in [4.78, 5) is 20.8. The van der Waals surface area contributed by atoms with E-state index in [0.29, 0.717) is 12.1 Å². The highest BCUT2D eigenvalue weighted by Crippen LogP contribution is 2.31. The van der Waals surface area contributed by atoms with E-state index in [1.807, 2.05) is 0 Å². The molecule has 0 atom stereocenters. The number of para-hydroxylation sites is 2. The van der Waals surface area contributed by atoms with Crippen molar-refractivity contribution >= 4 is 22.6 Å². The molecule has 6 nitrogen and oxygen atoms in total.